The summed E-state index contributed by atoms with van der Waals surface area (Å²) in [6.07, 6.45) is 3.54. The molecule has 0 saturated heterocycles. The van der Waals surface area contributed by atoms with Gasteiger partial charge in [0.1, 0.15) is 5.75 Å². The van der Waals surface area contributed by atoms with Crippen LogP contribution in [-0.4, -0.2) is 22.3 Å². The molecule has 1 aliphatic rings. The van der Waals surface area contributed by atoms with E-state index in [0.717, 1.165) is 29.8 Å². The van der Waals surface area contributed by atoms with Crippen molar-refractivity contribution in [3.05, 3.63) is 47.8 Å². The molecule has 0 bridgehead atoms. The Balaban J connectivity index is 1.78. The summed E-state index contributed by atoms with van der Waals surface area (Å²) < 4.78 is 7.49. The lowest BCUT2D eigenvalue weighted by atomic mass is 10.00. The van der Waals surface area contributed by atoms with Crippen LogP contribution < -0.4 is 10.1 Å². The van der Waals surface area contributed by atoms with E-state index in [0.29, 0.717) is 6.61 Å². The van der Waals surface area contributed by atoms with Gasteiger partial charge in [-0.1, -0.05) is 18.2 Å². The maximum absolute atomic E-state index is 12.6. The molecule has 1 aromatic heterocycles. The van der Waals surface area contributed by atoms with Crippen molar-refractivity contribution < 1.29 is 9.53 Å². The predicted molar refractivity (Wildman–Crippen MR) is 83.7 cm³/mol. The van der Waals surface area contributed by atoms with Crippen LogP contribution in [-0.2, 0) is 11.8 Å². The molecule has 1 N–H and O–H groups in total. The second-order valence-corrected chi connectivity index (χ2v) is 5.69. The zero-order valence-electron chi connectivity index (χ0n) is 13.0. The predicted octanol–water partition coefficient (Wildman–Crippen LogP) is 2.55. The summed E-state index contributed by atoms with van der Waals surface area (Å²) in [5, 5.41) is 7.30. The van der Waals surface area contributed by atoms with Crippen molar-refractivity contribution in [2.24, 2.45) is 7.05 Å². The molecule has 0 radical (unpaired) electrons. The van der Waals surface area contributed by atoms with E-state index in [1.807, 2.05) is 44.3 Å². The Kier molecular flexibility index (Phi) is 4.13. The Bertz CT molecular complexity index is 665. The van der Waals surface area contributed by atoms with Gasteiger partial charge in [0, 0.05) is 18.8 Å². The number of rotatable bonds is 3. The molecule has 2 heterocycles. The van der Waals surface area contributed by atoms with E-state index in [-0.39, 0.29) is 17.9 Å². The number of para-hydroxylation sites is 1. The normalized spacial score (nSPS) is 18.7. The van der Waals surface area contributed by atoms with Gasteiger partial charge in [0.05, 0.1) is 24.3 Å². The molecule has 1 aromatic carbocycles. The molecule has 1 amide bonds. The summed E-state index contributed by atoms with van der Waals surface area (Å²) in [6, 6.07) is 9.82. The third-order valence-corrected chi connectivity index (χ3v) is 4.20. The molecule has 0 fully saturated rings. The molecule has 2 aromatic rings. The number of aryl methyl sites for hydroxylation is 1. The number of hydrogen-bond acceptors (Lipinski definition) is 3. The molecule has 5 nitrogen and oxygen atoms in total. The van der Waals surface area contributed by atoms with Crippen LogP contribution in [0.2, 0.25) is 0 Å². The minimum absolute atomic E-state index is 0.00174. The first-order valence-electron chi connectivity index (χ1n) is 7.67. The summed E-state index contributed by atoms with van der Waals surface area (Å²) in [7, 11) is 1.86. The fraction of sp³-hybridized carbons (Fsp3) is 0.412. The first-order chi connectivity index (χ1) is 10.7. The summed E-state index contributed by atoms with van der Waals surface area (Å²) >= 11 is 0. The number of ether oxygens (including phenoxy) is 1. The molecular weight excluding hydrogens is 278 g/mol. The van der Waals surface area contributed by atoms with Gasteiger partial charge in [-0.2, -0.15) is 5.10 Å². The molecule has 0 aliphatic carbocycles. The number of nitrogens with one attached hydrogen (secondary N) is 1. The van der Waals surface area contributed by atoms with Crippen LogP contribution in [0.3, 0.4) is 0 Å². The highest BCUT2D eigenvalue weighted by atomic mass is 16.5. The van der Waals surface area contributed by atoms with E-state index in [1.54, 1.807) is 10.9 Å². The van der Waals surface area contributed by atoms with E-state index in [9.17, 15) is 4.79 Å². The molecule has 0 saturated carbocycles. The molecule has 1 aliphatic heterocycles. The molecule has 22 heavy (non-hydrogen) atoms. The summed E-state index contributed by atoms with van der Waals surface area (Å²) in [5.74, 6) is 0.660. The maximum Gasteiger partial charge on any atom is 0.229 e. The van der Waals surface area contributed by atoms with Gasteiger partial charge in [0.15, 0.2) is 0 Å². The monoisotopic (exact) mass is 299 g/mol. The maximum atomic E-state index is 12.6. The lowest BCUT2D eigenvalue weighted by Crippen LogP contribution is -2.32. The van der Waals surface area contributed by atoms with Gasteiger partial charge < -0.3 is 10.1 Å². The van der Waals surface area contributed by atoms with Gasteiger partial charge >= 0.3 is 0 Å². The molecule has 0 spiro atoms. The second kappa shape index (κ2) is 6.22. The summed E-state index contributed by atoms with van der Waals surface area (Å²) in [5.41, 5.74) is 1.97. The first kappa shape index (κ1) is 14.6. The largest absolute Gasteiger partial charge is 0.493 e. The first-order valence-corrected chi connectivity index (χ1v) is 7.67. The Labute approximate surface area is 130 Å². The smallest absolute Gasteiger partial charge is 0.229 e. The van der Waals surface area contributed by atoms with Crippen LogP contribution in [0, 0.1) is 0 Å². The minimum Gasteiger partial charge on any atom is -0.493 e. The molecule has 116 valence electrons. The number of amides is 1. The van der Waals surface area contributed by atoms with E-state index in [1.165, 1.54) is 0 Å². The van der Waals surface area contributed by atoms with Crippen molar-refractivity contribution >= 4 is 5.91 Å². The minimum atomic E-state index is -0.233. The molecule has 0 unspecified atom stereocenters. The zero-order chi connectivity index (χ0) is 15.5. The van der Waals surface area contributed by atoms with Crippen LogP contribution >= 0.6 is 0 Å². The van der Waals surface area contributed by atoms with Crippen molar-refractivity contribution in [1.29, 1.82) is 0 Å². The Morgan fingerprint density at radius 2 is 2.23 bits per heavy atom. The van der Waals surface area contributed by atoms with E-state index in [4.69, 9.17) is 4.74 Å². The number of benzene rings is 1. The highest BCUT2D eigenvalue weighted by molar-refractivity contribution is 5.83. The second-order valence-electron chi connectivity index (χ2n) is 5.69. The van der Waals surface area contributed by atoms with Crippen LogP contribution in [0.25, 0.3) is 0 Å². The standard InChI is InChI=1S/C17H21N3O2/c1-12(15-9-10-18-20(15)2)17(21)19-14-7-5-11-22-16-8-4-3-6-13(14)16/h3-4,6,8-10,12,14H,5,7,11H2,1-2H3,(H,19,21)/t12-,14+/m0/s1. The zero-order valence-corrected chi connectivity index (χ0v) is 13.0. The van der Waals surface area contributed by atoms with Gasteiger partial charge in [-0.3, -0.25) is 9.48 Å². The van der Waals surface area contributed by atoms with Gasteiger partial charge in [0.2, 0.25) is 5.91 Å². The van der Waals surface area contributed by atoms with Crippen LogP contribution in [0.15, 0.2) is 36.5 Å². The van der Waals surface area contributed by atoms with Gasteiger partial charge in [0.25, 0.3) is 0 Å². The van der Waals surface area contributed by atoms with Crippen LogP contribution in [0.5, 0.6) is 5.75 Å². The SMILES string of the molecule is C[C@H](C(=O)N[C@@H]1CCCOc2ccccc21)c1ccnn1C. The summed E-state index contributed by atoms with van der Waals surface area (Å²) in [4.78, 5) is 12.6. The Morgan fingerprint density at radius 1 is 1.41 bits per heavy atom. The Hall–Kier alpha value is -2.30. The van der Waals surface area contributed by atoms with Crippen molar-refractivity contribution in [3.8, 4) is 5.75 Å². The van der Waals surface area contributed by atoms with Gasteiger partial charge in [-0.15, -0.1) is 0 Å². The van der Waals surface area contributed by atoms with Crippen molar-refractivity contribution in [3.63, 3.8) is 0 Å². The quantitative estimate of drug-likeness (QED) is 0.947. The van der Waals surface area contributed by atoms with Crippen LogP contribution in [0.4, 0.5) is 0 Å². The highest BCUT2D eigenvalue weighted by Gasteiger charge is 2.25. The number of nitrogens with zero attached hydrogens (tertiary/aromatic N) is 2. The fourth-order valence-electron chi connectivity index (χ4n) is 2.91. The lowest BCUT2D eigenvalue weighted by molar-refractivity contribution is -0.123. The Morgan fingerprint density at radius 3 is 3.00 bits per heavy atom. The number of carbonyl (C=O) groups is 1. The topological polar surface area (TPSA) is 56.1 Å². The van der Waals surface area contributed by atoms with Crippen LogP contribution in [0.1, 0.15) is 43.0 Å². The number of hydrogen-bond donors (Lipinski definition) is 1. The van der Waals surface area contributed by atoms with Crippen molar-refractivity contribution in [1.82, 2.24) is 15.1 Å². The lowest BCUT2D eigenvalue weighted by Gasteiger charge is -2.21. The summed E-state index contributed by atoms with van der Waals surface area (Å²) in [6.45, 7) is 2.60. The highest BCUT2D eigenvalue weighted by Crippen LogP contribution is 2.31. The molecule has 5 heteroatoms. The van der Waals surface area contributed by atoms with Crippen molar-refractivity contribution in [2.45, 2.75) is 31.7 Å². The third kappa shape index (κ3) is 2.84. The average Bonchev–Trinajstić information content (AvgIpc) is 2.85. The molecule has 2 atom stereocenters. The van der Waals surface area contributed by atoms with Crippen molar-refractivity contribution in [2.75, 3.05) is 6.61 Å². The third-order valence-electron chi connectivity index (χ3n) is 4.20. The van der Waals surface area contributed by atoms with E-state index < -0.39 is 0 Å². The number of aromatic nitrogens is 2. The molecule has 3 rings (SSSR count). The fourth-order valence-corrected chi connectivity index (χ4v) is 2.91. The molecular formula is C17H21N3O2. The van der Waals surface area contributed by atoms with E-state index >= 15 is 0 Å². The van der Waals surface area contributed by atoms with Gasteiger partial charge in [-0.25, -0.2) is 0 Å². The number of carbonyl (C=O) groups excluding carboxylic acids is 1. The van der Waals surface area contributed by atoms with Gasteiger partial charge in [-0.05, 0) is 31.9 Å². The average molecular weight is 299 g/mol. The number of fused-ring (bicyclic) bond motifs is 1. The van der Waals surface area contributed by atoms with E-state index in [2.05, 4.69) is 10.4 Å².